The fourth-order valence-corrected chi connectivity index (χ4v) is 3.35. The molecule has 1 heterocycles. The predicted molar refractivity (Wildman–Crippen MR) is 113 cm³/mol. The van der Waals surface area contributed by atoms with Crippen molar-refractivity contribution in [1.82, 2.24) is 0 Å². The van der Waals surface area contributed by atoms with Crippen LogP contribution in [0, 0.1) is 11.6 Å². The summed E-state index contributed by atoms with van der Waals surface area (Å²) < 4.78 is 33.2. The maximum Gasteiger partial charge on any atom is 0.282 e. The molecule has 0 unspecified atom stereocenters. The fourth-order valence-electron chi connectivity index (χ4n) is 3.35. The molecule has 3 aromatic rings. The van der Waals surface area contributed by atoms with Gasteiger partial charge in [0, 0.05) is 11.8 Å². The van der Waals surface area contributed by atoms with Crippen molar-refractivity contribution in [2.24, 2.45) is 0 Å². The maximum absolute atomic E-state index is 14.4. The number of rotatable bonds is 6. The van der Waals surface area contributed by atoms with Crippen molar-refractivity contribution in [3.05, 3.63) is 95.7 Å². The van der Waals surface area contributed by atoms with Gasteiger partial charge in [0.1, 0.15) is 23.1 Å². The maximum atomic E-state index is 14.4. The molecule has 0 saturated heterocycles. The Kier molecular flexibility index (Phi) is 5.49. The zero-order chi connectivity index (χ0) is 22.0. The molecule has 0 atom stereocenters. The highest BCUT2D eigenvalue weighted by Gasteiger charge is 2.41. The van der Waals surface area contributed by atoms with E-state index in [1.54, 1.807) is 54.6 Å². The minimum atomic E-state index is -1.00. The van der Waals surface area contributed by atoms with E-state index in [9.17, 15) is 18.4 Å². The van der Waals surface area contributed by atoms with Crippen molar-refractivity contribution in [2.75, 3.05) is 16.8 Å². The lowest BCUT2D eigenvalue weighted by atomic mass is 10.0. The average Bonchev–Trinajstić information content (AvgIpc) is 3.00. The van der Waals surface area contributed by atoms with Crippen LogP contribution in [0.5, 0.6) is 5.75 Å². The Morgan fingerprint density at radius 2 is 1.61 bits per heavy atom. The van der Waals surface area contributed by atoms with Crippen molar-refractivity contribution in [1.29, 1.82) is 0 Å². The van der Waals surface area contributed by atoms with Crippen LogP contribution in [0.25, 0.3) is 5.57 Å². The third kappa shape index (κ3) is 3.90. The number of carbonyl (C=O) groups is 2. The van der Waals surface area contributed by atoms with Gasteiger partial charge in [0.15, 0.2) is 0 Å². The first-order chi connectivity index (χ1) is 15.0. The van der Waals surface area contributed by atoms with Crippen LogP contribution >= 0.6 is 0 Å². The van der Waals surface area contributed by atoms with E-state index in [1.807, 2.05) is 6.92 Å². The van der Waals surface area contributed by atoms with Crippen molar-refractivity contribution in [3.63, 3.8) is 0 Å². The third-order valence-corrected chi connectivity index (χ3v) is 4.73. The molecular formula is C24H18F2N2O3. The molecule has 4 rings (SSSR count). The minimum absolute atomic E-state index is 0.00378. The molecule has 3 aromatic carbocycles. The first-order valence-corrected chi connectivity index (χ1v) is 9.63. The molecule has 156 valence electrons. The second-order valence-electron chi connectivity index (χ2n) is 6.74. The normalized spacial score (nSPS) is 13.7. The molecule has 31 heavy (non-hydrogen) atoms. The van der Waals surface area contributed by atoms with E-state index >= 15 is 0 Å². The number of hydrogen-bond acceptors (Lipinski definition) is 4. The second-order valence-corrected chi connectivity index (χ2v) is 6.74. The van der Waals surface area contributed by atoms with Gasteiger partial charge in [-0.2, -0.15) is 0 Å². The summed E-state index contributed by atoms with van der Waals surface area (Å²) in [4.78, 5) is 27.1. The summed E-state index contributed by atoms with van der Waals surface area (Å²) in [7, 11) is 0. The Bertz CT molecular complexity index is 1180. The molecule has 5 nitrogen and oxygen atoms in total. The van der Waals surface area contributed by atoms with Gasteiger partial charge in [-0.3, -0.25) is 9.59 Å². The zero-order valence-corrected chi connectivity index (χ0v) is 16.6. The van der Waals surface area contributed by atoms with E-state index in [-0.39, 0.29) is 17.0 Å². The Balaban J connectivity index is 1.77. The molecule has 0 fully saturated rings. The largest absolute Gasteiger partial charge is 0.494 e. The van der Waals surface area contributed by atoms with Crippen LogP contribution in [0.4, 0.5) is 20.2 Å². The first-order valence-electron chi connectivity index (χ1n) is 9.63. The zero-order valence-electron chi connectivity index (χ0n) is 16.6. The molecule has 0 aliphatic carbocycles. The van der Waals surface area contributed by atoms with Crippen molar-refractivity contribution >= 4 is 28.8 Å². The quantitative estimate of drug-likeness (QED) is 0.584. The van der Waals surface area contributed by atoms with Crippen LogP contribution in [0.2, 0.25) is 0 Å². The monoisotopic (exact) mass is 420 g/mol. The second kappa shape index (κ2) is 8.39. The number of nitrogens with one attached hydrogen (secondary N) is 1. The molecule has 0 radical (unpaired) electrons. The van der Waals surface area contributed by atoms with E-state index in [0.717, 1.165) is 12.1 Å². The van der Waals surface area contributed by atoms with Crippen LogP contribution in [0.1, 0.15) is 12.5 Å². The molecule has 0 aromatic heterocycles. The summed E-state index contributed by atoms with van der Waals surface area (Å²) in [5.41, 5.74) is 0.842. The minimum Gasteiger partial charge on any atom is -0.494 e. The number of ether oxygens (including phenoxy) is 1. The number of hydrogen-bond donors (Lipinski definition) is 1. The van der Waals surface area contributed by atoms with Gasteiger partial charge < -0.3 is 10.1 Å². The van der Waals surface area contributed by atoms with Gasteiger partial charge in [0.05, 0.1) is 17.9 Å². The van der Waals surface area contributed by atoms with E-state index in [1.165, 1.54) is 0 Å². The Morgan fingerprint density at radius 3 is 2.26 bits per heavy atom. The molecule has 1 aliphatic heterocycles. The smallest absolute Gasteiger partial charge is 0.282 e. The molecule has 0 spiro atoms. The van der Waals surface area contributed by atoms with Gasteiger partial charge in [-0.1, -0.05) is 30.3 Å². The Hall–Kier alpha value is -4.00. The van der Waals surface area contributed by atoms with E-state index in [2.05, 4.69) is 5.32 Å². The van der Waals surface area contributed by atoms with Crippen LogP contribution < -0.4 is 15.0 Å². The number of amides is 2. The summed E-state index contributed by atoms with van der Waals surface area (Å²) >= 11 is 0. The predicted octanol–water partition coefficient (Wildman–Crippen LogP) is 4.76. The van der Waals surface area contributed by atoms with Crippen molar-refractivity contribution in [3.8, 4) is 5.75 Å². The number of imide groups is 1. The average molecular weight is 420 g/mol. The highest BCUT2D eigenvalue weighted by molar-refractivity contribution is 6.46. The molecular weight excluding hydrogens is 402 g/mol. The first kappa shape index (κ1) is 20.3. The van der Waals surface area contributed by atoms with Gasteiger partial charge >= 0.3 is 0 Å². The summed E-state index contributed by atoms with van der Waals surface area (Å²) in [6.45, 7) is 2.39. The summed E-state index contributed by atoms with van der Waals surface area (Å²) in [5.74, 6) is -2.58. The lowest BCUT2D eigenvalue weighted by molar-refractivity contribution is -0.120. The van der Waals surface area contributed by atoms with Gasteiger partial charge in [0.25, 0.3) is 11.8 Å². The van der Waals surface area contributed by atoms with Crippen LogP contribution in [0.3, 0.4) is 0 Å². The van der Waals surface area contributed by atoms with Crippen molar-refractivity contribution in [2.45, 2.75) is 6.92 Å². The molecule has 7 heteroatoms. The number of carbonyl (C=O) groups excluding carboxylic acids is 2. The molecule has 2 amide bonds. The van der Waals surface area contributed by atoms with E-state index < -0.39 is 23.4 Å². The van der Waals surface area contributed by atoms with Crippen LogP contribution in [-0.2, 0) is 9.59 Å². The SMILES string of the molecule is CCOc1ccc(NC2=C(c3ccccc3)C(=O)N(c3ccc(F)cc3F)C2=O)cc1. The number of halogens is 2. The lowest BCUT2D eigenvalue weighted by Gasteiger charge is -2.16. The number of nitrogens with zero attached hydrogens (tertiary/aromatic N) is 1. The Labute approximate surface area is 177 Å². The summed E-state index contributed by atoms with van der Waals surface area (Å²) in [5, 5.41) is 2.99. The lowest BCUT2D eigenvalue weighted by Crippen LogP contribution is -2.33. The van der Waals surface area contributed by atoms with Crippen LogP contribution in [-0.4, -0.2) is 18.4 Å². The molecule has 0 saturated carbocycles. The topological polar surface area (TPSA) is 58.6 Å². The van der Waals surface area contributed by atoms with Gasteiger partial charge in [-0.25, -0.2) is 13.7 Å². The molecule has 1 aliphatic rings. The van der Waals surface area contributed by atoms with E-state index in [0.29, 0.717) is 34.6 Å². The Morgan fingerprint density at radius 1 is 0.903 bits per heavy atom. The van der Waals surface area contributed by atoms with Gasteiger partial charge in [-0.05, 0) is 48.9 Å². The molecule has 0 bridgehead atoms. The standard InChI is InChI=1S/C24H18F2N2O3/c1-2-31-18-11-9-17(10-12-18)27-22-21(15-6-4-3-5-7-15)23(29)28(24(22)30)20-13-8-16(25)14-19(20)26/h3-14,27H,2H2,1H3. The number of anilines is 2. The summed E-state index contributed by atoms with van der Waals surface area (Å²) in [6.07, 6.45) is 0. The third-order valence-electron chi connectivity index (χ3n) is 4.73. The van der Waals surface area contributed by atoms with Crippen LogP contribution in [0.15, 0.2) is 78.5 Å². The fraction of sp³-hybridized carbons (Fsp3) is 0.0833. The molecule has 1 N–H and O–H groups in total. The van der Waals surface area contributed by atoms with Crippen molar-refractivity contribution < 1.29 is 23.1 Å². The highest BCUT2D eigenvalue weighted by atomic mass is 19.1. The highest BCUT2D eigenvalue weighted by Crippen LogP contribution is 2.35. The summed E-state index contributed by atoms with van der Waals surface area (Å²) in [6, 6.07) is 18.2. The number of benzene rings is 3. The van der Waals surface area contributed by atoms with Gasteiger partial charge in [0.2, 0.25) is 0 Å². The van der Waals surface area contributed by atoms with E-state index in [4.69, 9.17) is 4.74 Å². The van der Waals surface area contributed by atoms with Gasteiger partial charge in [-0.15, -0.1) is 0 Å².